The molecule has 1 aliphatic rings. The van der Waals surface area contributed by atoms with Crippen molar-refractivity contribution in [3.63, 3.8) is 0 Å². The Kier molecular flexibility index (Phi) is 6.41. The molecule has 0 aliphatic heterocycles. The number of anilines is 1. The zero-order valence-corrected chi connectivity index (χ0v) is 15.5. The Hall–Kier alpha value is -2.89. The predicted octanol–water partition coefficient (Wildman–Crippen LogP) is 3.80. The lowest BCUT2D eigenvalue weighted by Gasteiger charge is -2.22. The van der Waals surface area contributed by atoms with Gasteiger partial charge in [0.2, 0.25) is 0 Å². The van der Waals surface area contributed by atoms with E-state index in [1.807, 2.05) is 19.1 Å². The average Bonchev–Trinajstić information content (AvgIpc) is 2.70. The molecule has 0 unspecified atom stereocenters. The van der Waals surface area contributed by atoms with E-state index in [9.17, 15) is 9.59 Å². The van der Waals surface area contributed by atoms with E-state index in [2.05, 4.69) is 15.6 Å². The smallest absolute Gasteiger partial charge is 0.274 e. The van der Waals surface area contributed by atoms with E-state index in [0.717, 1.165) is 25.7 Å². The first-order valence-electron chi connectivity index (χ1n) is 9.47. The average molecular weight is 367 g/mol. The highest BCUT2D eigenvalue weighted by molar-refractivity contribution is 6.05. The van der Waals surface area contributed by atoms with Crippen LogP contribution in [-0.2, 0) is 0 Å². The van der Waals surface area contributed by atoms with E-state index >= 15 is 0 Å². The summed E-state index contributed by atoms with van der Waals surface area (Å²) in [6.45, 7) is 2.39. The lowest BCUT2D eigenvalue weighted by Crippen LogP contribution is -2.36. The van der Waals surface area contributed by atoms with Crippen LogP contribution in [0.4, 0.5) is 5.69 Å². The quantitative estimate of drug-likeness (QED) is 0.814. The zero-order valence-electron chi connectivity index (χ0n) is 15.5. The van der Waals surface area contributed by atoms with Gasteiger partial charge in [-0.15, -0.1) is 0 Å². The van der Waals surface area contributed by atoms with Crippen LogP contribution in [0.25, 0.3) is 0 Å². The Bertz CT molecular complexity index is 801. The minimum absolute atomic E-state index is 0.159. The molecule has 0 spiro atoms. The number of para-hydroxylation sites is 2. The molecule has 6 heteroatoms. The van der Waals surface area contributed by atoms with Crippen molar-refractivity contribution in [2.75, 3.05) is 11.9 Å². The van der Waals surface area contributed by atoms with Crippen molar-refractivity contribution < 1.29 is 14.3 Å². The summed E-state index contributed by atoms with van der Waals surface area (Å²) in [5.41, 5.74) is 1.21. The largest absolute Gasteiger partial charge is 0.492 e. The maximum Gasteiger partial charge on any atom is 0.274 e. The number of nitrogens with one attached hydrogen (secondary N) is 2. The van der Waals surface area contributed by atoms with Crippen molar-refractivity contribution >= 4 is 17.5 Å². The molecular weight excluding hydrogens is 342 g/mol. The van der Waals surface area contributed by atoms with Gasteiger partial charge in [-0.25, -0.2) is 0 Å². The van der Waals surface area contributed by atoms with E-state index in [4.69, 9.17) is 4.74 Å². The fraction of sp³-hybridized carbons (Fsp3) is 0.381. The van der Waals surface area contributed by atoms with Crippen molar-refractivity contribution in [1.29, 1.82) is 0 Å². The number of rotatable bonds is 6. The van der Waals surface area contributed by atoms with Gasteiger partial charge in [-0.1, -0.05) is 31.4 Å². The Morgan fingerprint density at radius 3 is 2.67 bits per heavy atom. The first-order valence-corrected chi connectivity index (χ1v) is 9.47. The van der Waals surface area contributed by atoms with Gasteiger partial charge in [0.25, 0.3) is 11.8 Å². The number of carbonyl (C=O) groups is 2. The summed E-state index contributed by atoms with van der Waals surface area (Å²) in [6, 6.07) is 10.6. The van der Waals surface area contributed by atoms with E-state index in [-0.39, 0.29) is 23.6 Å². The summed E-state index contributed by atoms with van der Waals surface area (Å²) in [5, 5.41) is 5.86. The van der Waals surface area contributed by atoms with Gasteiger partial charge < -0.3 is 15.4 Å². The Labute approximate surface area is 159 Å². The molecule has 0 saturated heterocycles. The second-order valence-electron chi connectivity index (χ2n) is 6.62. The lowest BCUT2D eigenvalue weighted by atomic mass is 9.95. The van der Waals surface area contributed by atoms with Crippen molar-refractivity contribution in [3.8, 4) is 5.75 Å². The second-order valence-corrected chi connectivity index (χ2v) is 6.62. The molecule has 27 heavy (non-hydrogen) atoms. The molecular formula is C21H25N3O3. The van der Waals surface area contributed by atoms with Crippen LogP contribution in [0, 0.1) is 0 Å². The fourth-order valence-corrected chi connectivity index (χ4v) is 3.25. The van der Waals surface area contributed by atoms with E-state index < -0.39 is 0 Å². The normalized spacial score (nSPS) is 14.4. The summed E-state index contributed by atoms with van der Waals surface area (Å²) in [7, 11) is 0. The summed E-state index contributed by atoms with van der Waals surface area (Å²) in [4.78, 5) is 29.2. The molecule has 142 valence electrons. The maximum absolute atomic E-state index is 12.6. The van der Waals surface area contributed by atoms with Gasteiger partial charge in [0.1, 0.15) is 11.4 Å². The van der Waals surface area contributed by atoms with Gasteiger partial charge in [-0.2, -0.15) is 0 Å². The summed E-state index contributed by atoms with van der Waals surface area (Å²) in [6.07, 6.45) is 7.04. The van der Waals surface area contributed by atoms with Crippen LogP contribution in [-0.4, -0.2) is 29.4 Å². The highest BCUT2D eigenvalue weighted by atomic mass is 16.5. The first-order chi connectivity index (χ1) is 13.2. The van der Waals surface area contributed by atoms with Crippen LogP contribution >= 0.6 is 0 Å². The Morgan fingerprint density at radius 2 is 1.89 bits per heavy atom. The number of pyridine rings is 1. The summed E-state index contributed by atoms with van der Waals surface area (Å²) < 4.78 is 5.52. The van der Waals surface area contributed by atoms with E-state index in [1.54, 1.807) is 18.2 Å². The number of carbonyl (C=O) groups excluding carboxylic acids is 2. The van der Waals surface area contributed by atoms with Crippen LogP contribution in [0.3, 0.4) is 0 Å². The minimum atomic E-state index is -0.380. The van der Waals surface area contributed by atoms with Gasteiger partial charge in [0.05, 0.1) is 12.3 Å². The van der Waals surface area contributed by atoms with Gasteiger partial charge in [-0.3, -0.25) is 14.6 Å². The Balaban J connectivity index is 1.69. The van der Waals surface area contributed by atoms with Gasteiger partial charge in [0.15, 0.2) is 0 Å². The maximum atomic E-state index is 12.6. The monoisotopic (exact) mass is 367 g/mol. The van der Waals surface area contributed by atoms with Crippen LogP contribution in [0.15, 0.2) is 42.6 Å². The molecule has 6 nitrogen and oxygen atoms in total. The standard InChI is InChI=1S/C21H25N3O3/c1-2-27-19-11-7-6-10-17(19)24-21(26)18-14-15(12-13-22-18)20(25)23-16-8-4-3-5-9-16/h6-7,10-14,16H,2-5,8-9H2,1H3,(H,23,25)(H,24,26). The molecule has 0 radical (unpaired) electrons. The van der Waals surface area contributed by atoms with Crippen LogP contribution in [0.2, 0.25) is 0 Å². The van der Waals surface area contributed by atoms with Crippen molar-refractivity contribution in [2.45, 2.75) is 45.1 Å². The summed E-state index contributed by atoms with van der Waals surface area (Å²) >= 11 is 0. The van der Waals surface area contributed by atoms with E-state index in [0.29, 0.717) is 23.6 Å². The minimum Gasteiger partial charge on any atom is -0.492 e. The second kappa shape index (κ2) is 9.16. The summed E-state index contributed by atoms with van der Waals surface area (Å²) in [5.74, 6) is 0.0575. The molecule has 3 rings (SSSR count). The van der Waals surface area contributed by atoms with Crippen molar-refractivity contribution in [1.82, 2.24) is 10.3 Å². The van der Waals surface area contributed by atoms with Crippen molar-refractivity contribution in [2.24, 2.45) is 0 Å². The number of ether oxygens (including phenoxy) is 1. The molecule has 1 heterocycles. The van der Waals surface area contributed by atoms with E-state index in [1.165, 1.54) is 18.7 Å². The predicted molar refractivity (Wildman–Crippen MR) is 104 cm³/mol. The molecule has 1 aliphatic carbocycles. The number of hydrogen-bond donors (Lipinski definition) is 2. The van der Waals surface area contributed by atoms with Crippen LogP contribution < -0.4 is 15.4 Å². The highest BCUT2D eigenvalue weighted by Crippen LogP contribution is 2.24. The number of aromatic nitrogens is 1. The van der Waals surface area contributed by atoms with Gasteiger partial charge in [-0.05, 0) is 44.0 Å². The fourth-order valence-electron chi connectivity index (χ4n) is 3.25. The van der Waals surface area contributed by atoms with Gasteiger partial charge in [0, 0.05) is 17.8 Å². The van der Waals surface area contributed by atoms with Crippen molar-refractivity contribution in [3.05, 3.63) is 53.9 Å². The molecule has 2 amide bonds. The van der Waals surface area contributed by atoms with Gasteiger partial charge >= 0.3 is 0 Å². The molecule has 2 N–H and O–H groups in total. The number of hydrogen-bond acceptors (Lipinski definition) is 4. The molecule has 0 bridgehead atoms. The lowest BCUT2D eigenvalue weighted by molar-refractivity contribution is 0.0927. The number of benzene rings is 1. The van der Waals surface area contributed by atoms with Crippen LogP contribution in [0.1, 0.15) is 59.9 Å². The number of amides is 2. The Morgan fingerprint density at radius 1 is 1.11 bits per heavy atom. The highest BCUT2D eigenvalue weighted by Gasteiger charge is 2.18. The number of nitrogens with zero attached hydrogens (tertiary/aromatic N) is 1. The topological polar surface area (TPSA) is 80.3 Å². The molecule has 1 fully saturated rings. The zero-order chi connectivity index (χ0) is 19.1. The molecule has 1 aromatic heterocycles. The molecule has 1 saturated carbocycles. The van der Waals surface area contributed by atoms with Crippen LogP contribution in [0.5, 0.6) is 5.75 Å². The third-order valence-corrected chi connectivity index (χ3v) is 4.63. The third kappa shape index (κ3) is 5.06. The molecule has 0 atom stereocenters. The molecule has 1 aromatic carbocycles. The molecule has 2 aromatic rings. The third-order valence-electron chi connectivity index (χ3n) is 4.63. The first kappa shape index (κ1) is 18.9. The SMILES string of the molecule is CCOc1ccccc1NC(=O)c1cc(C(=O)NC2CCCCC2)ccn1.